The molecule has 0 heterocycles. The van der Waals surface area contributed by atoms with Crippen LogP contribution in [-0.4, -0.2) is 54.0 Å². The Labute approximate surface area is 233 Å². The third-order valence-corrected chi connectivity index (χ3v) is 8.87. The number of unbranched alkanes of at least 4 members (excludes halogenated alkanes) is 14. The number of carbonyl (C=O) groups excluding carboxylic acids is 1. The van der Waals surface area contributed by atoms with Gasteiger partial charge >= 0.3 is 11.5 Å². The third kappa shape index (κ3) is 20.4. The molecule has 0 saturated carbocycles. The summed E-state index contributed by atoms with van der Waals surface area (Å²) >= 11 is 2.05. The van der Waals surface area contributed by atoms with E-state index in [0.29, 0.717) is 18.3 Å². The topological polar surface area (TPSA) is 82.1 Å². The van der Waals surface area contributed by atoms with E-state index in [-0.39, 0.29) is 12.7 Å². The lowest BCUT2D eigenvalue weighted by molar-refractivity contribution is -0.193. The summed E-state index contributed by atoms with van der Waals surface area (Å²) in [5, 5.41) is 10.4. The lowest BCUT2D eigenvalue weighted by atomic mass is 10.1. The summed E-state index contributed by atoms with van der Waals surface area (Å²) in [7, 11) is 0.279. The second-order valence-electron chi connectivity index (χ2n) is 10.1. The predicted octanol–water partition coefficient (Wildman–Crippen LogP) is 8.68. The molecule has 8 heteroatoms. The average molecular weight is 565 g/mol. The molecule has 0 radical (unpaired) electrons. The van der Waals surface area contributed by atoms with Crippen LogP contribution < -0.4 is 0 Å². The Morgan fingerprint density at radius 3 is 1.84 bits per heavy atom. The first-order valence-corrected chi connectivity index (χ1v) is 16.8. The van der Waals surface area contributed by atoms with E-state index in [2.05, 4.69) is 37.3 Å². The zero-order valence-corrected chi connectivity index (χ0v) is 26.1. The minimum atomic E-state index is -2.44. The maximum atomic E-state index is 11.5. The number of rotatable bonds is 28. The van der Waals surface area contributed by atoms with Crippen LogP contribution in [0.2, 0.25) is 0 Å². The summed E-state index contributed by atoms with van der Waals surface area (Å²) in [6.45, 7) is 7.18. The molecule has 0 aliphatic heterocycles. The fourth-order valence-corrected chi connectivity index (χ4v) is 5.98. The number of hydrogen-bond donors (Lipinski definition) is 1. The summed E-state index contributed by atoms with van der Waals surface area (Å²) in [6, 6.07) is 0. The van der Waals surface area contributed by atoms with Crippen LogP contribution in [0.4, 0.5) is 0 Å². The number of carbonyl (C=O) groups is 1. The molecule has 220 valence electrons. The van der Waals surface area contributed by atoms with Crippen molar-refractivity contribution in [3.63, 3.8) is 0 Å². The van der Waals surface area contributed by atoms with Crippen molar-refractivity contribution in [1.82, 2.24) is 0 Å². The third-order valence-electron chi connectivity index (χ3n) is 6.74. The first-order valence-electron chi connectivity index (χ1n) is 15.0. The van der Waals surface area contributed by atoms with Gasteiger partial charge in [-0.3, -0.25) is 4.57 Å². The van der Waals surface area contributed by atoms with E-state index in [9.17, 15) is 14.5 Å². The number of aliphatic hydroxyl groups is 1. The monoisotopic (exact) mass is 564 g/mol. The van der Waals surface area contributed by atoms with Crippen molar-refractivity contribution in [1.29, 1.82) is 0 Å². The molecule has 0 aliphatic rings. The number of hydrogen-bond acceptors (Lipinski definition) is 7. The van der Waals surface area contributed by atoms with Gasteiger partial charge in [-0.25, -0.2) is 4.79 Å². The van der Waals surface area contributed by atoms with Crippen LogP contribution in [0.5, 0.6) is 0 Å². The molecule has 0 aromatic carbocycles. The standard InChI is InChI=1S/C29H57O6PS/c1-5-7-9-11-12-13-14-15-16-18-20-25-37-27(22-19-17-10-8-6-2)26(3)34-23-21-24-35-29(31,36-32)28(30)33-4/h26-27,31H,5-25H2,1-4H3. The summed E-state index contributed by atoms with van der Waals surface area (Å²) < 4.78 is 26.7. The summed E-state index contributed by atoms with van der Waals surface area (Å²) in [4.78, 5) is 11.5. The van der Waals surface area contributed by atoms with E-state index in [4.69, 9.17) is 9.47 Å². The zero-order chi connectivity index (χ0) is 27.6. The van der Waals surface area contributed by atoms with Crippen LogP contribution in [-0.2, 0) is 23.6 Å². The normalized spacial score (nSPS) is 14.9. The van der Waals surface area contributed by atoms with Crippen LogP contribution in [0.3, 0.4) is 0 Å². The maximum Gasteiger partial charge on any atom is 0.379 e. The number of ether oxygens (including phenoxy) is 3. The van der Waals surface area contributed by atoms with E-state index in [0.717, 1.165) is 7.11 Å². The molecule has 3 atom stereocenters. The molecule has 0 aromatic rings. The van der Waals surface area contributed by atoms with E-state index < -0.39 is 20.0 Å². The molecule has 37 heavy (non-hydrogen) atoms. The molecule has 0 rings (SSSR count). The van der Waals surface area contributed by atoms with Gasteiger partial charge in [0.05, 0.1) is 19.8 Å². The molecular weight excluding hydrogens is 507 g/mol. The molecule has 0 spiro atoms. The lowest BCUT2D eigenvalue weighted by Gasteiger charge is -2.24. The molecular formula is C29H57O6PS. The summed E-state index contributed by atoms with van der Waals surface area (Å²) in [5.74, 6) is 0.114. The Morgan fingerprint density at radius 1 is 0.811 bits per heavy atom. The van der Waals surface area contributed by atoms with Crippen LogP contribution >= 0.6 is 20.2 Å². The molecule has 0 amide bonds. The Hall–Kier alpha value is -0.200. The average Bonchev–Trinajstić information content (AvgIpc) is 2.91. The number of thioether (sulfide) groups is 1. The van der Waals surface area contributed by atoms with E-state index >= 15 is 0 Å². The lowest BCUT2D eigenvalue weighted by Crippen LogP contribution is -2.37. The predicted molar refractivity (Wildman–Crippen MR) is 157 cm³/mol. The second kappa shape index (κ2) is 26.0. The fraction of sp³-hybridized carbons (Fsp3) is 0.966. The smallest absolute Gasteiger partial charge is 0.379 e. The van der Waals surface area contributed by atoms with Gasteiger partial charge in [-0.05, 0) is 31.9 Å². The Bertz CT molecular complexity index is 539. The highest BCUT2D eigenvalue weighted by atomic mass is 32.2. The molecule has 0 bridgehead atoms. The van der Waals surface area contributed by atoms with Gasteiger partial charge in [-0.2, -0.15) is 11.8 Å². The molecule has 6 nitrogen and oxygen atoms in total. The van der Waals surface area contributed by atoms with Gasteiger partial charge in [0, 0.05) is 11.9 Å². The van der Waals surface area contributed by atoms with Crippen LogP contribution in [0, 0.1) is 0 Å². The minimum absolute atomic E-state index is 0.0567. The number of esters is 1. The fourth-order valence-electron chi connectivity index (χ4n) is 4.31. The first-order chi connectivity index (χ1) is 17.9. The van der Waals surface area contributed by atoms with Crippen molar-refractivity contribution in [2.45, 2.75) is 153 Å². The summed E-state index contributed by atoms with van der Waals surface area (Å²) in [5.41, 5.74) is -2.44. The molecule has 1 N–H and O–H groups in total. The van der Waals surface area contributed by atoms with Crippen molar-refractivity contribution < 1.29 is 28.7 Å². The molecule has 0 aliphatic carbocycles. The maximum absolute atomic E-state index is 11.5. The largest absolute Gasteiger partial charge is 0.464 e. The molecule has 0 fully saturated rings. The highest BCUT2D eigenvalue weighted by molar-refractivity contribution is 7.99. The van der Waals surface area contributed by atoms with Crippen molar-refractivity contribution in [3.8, 4) is 0 Å². The van der Waals surface area contributed by atoms with Gasteiger partial charge in [0.25, 0.3) is 0 Å². The molecule has 3 unspecified atom stereocenters. The van der Waals surface area contributed by atoms with Crippen molar-refractivity contribution >= 4 is 26.2 Å². The van der Waals surface area contributed by atoms with Crippen molar-refractivity contribution in [2.24, 2.45) is 0 Å². The van der Waals surface area contributed by atoms with Crippen LogP contribution in [0.1, 0.15) is 136 Å². The first kappa shape index (κ1) is 36.8. The Balaban J connectivity index is 4.19. The second-order valence-corrected chi connectivity index (χ2v) is 12.3. The van der Waals surface area contributed by atoms with Crippen LogP contribution in [0.15, 0.2) is 0 Å². The van der Waals surface area contributed by atoms with Gasteiger partial charge in [-0.15, -0.1) is 0 Å². The van der Waals surface area contributed by atoms with Crippen LogP contribution in [0.25, 0.3) is 0 Å². The van der Waals surface area contributed by atoms with Gasteiger partial charge in [-0.1, -0.05) is 110 Å². The van der Waals surface area contributed by atoms with Crippen molar-refractivity contribution in [3.05, 3.63) is 0 Å². The highest BCUT2D eigenvalue weighted by Gasteiger charge is 2.40. The van der Waals surface area contributed by atoms with Gasteiger partial charge in [0.15, 0.2) is 0 Å². The van der Waals surface area contributed by atoms with E-state index in [1.807, 2.05) is 0 Å². The number of methoxy groups -OCH3 is 1. The Kier molecular flexibility index (Phi) is 25.9. The van der Waals surface area contributed by atoms with Gasteiger partial charge < -0.3 is 19.3 Å². The molecule has 0 saturated heterocycles. The summed E-state index contributed by atoms with van der Waals surface area (Å²) in [6.07, 6.45) is 23.2. The van der Waals surface area contributed by atoms with Gasteiger partial charge in [0.2, 0.25) is 8.46 Å². The zero-order valence-electron chi connectivity index (χ0n) is 24.3. The van der Waals surface area contributed by atoms with Gasteiger partial charge in [0.1, 0.15) is 0 Å². The van der Waals surface area contributed by atoms with E-state index in [1.165, 1.54) is 115 Å². The minimum Gasteiger partial charge on any atom is -0.464 e. The molecule has 0 aromatic heterocycles. The highest BCUT2D eigenvalue weighted by Crippen LogP contribution is 2.26. The van der Waals surface area contributed by atoms with Crippen molar-refractivity contribution in [2.75, 3.05) is 26.1 Å². The Morgan fingerprint density at radius 2 is 1.32 bits per heavy atom. The quantitative estimate of drug-likeness (QED) is 0.0440. The van der Waals surface area contributed by atoms with E-state index in [1.54, 1.807) is 0 Å². The SMILES string of the molecule is CCCCCCCCCCCCCSC(CCCCCCC)C(C)OCCCOC(O)(P=O)C(=O)OC.